The minimum Gasteiger partial charge on any atom is -0.289 e. The SMILES string of the molecule is CC(C)(C)[Si](C)(C)C(=C=C=C(C(=O)c1ccc(Cl)cc1)[Si](C)(C)C(C)(C)C)C(=O)c1ccc(Cl)cc1. The summed E-state index contributed by atoms with van der Waals surface area (Å²) in [6.07, 6.45) is 0. The van der Waals surface area contributed by atoms with Gasteiger partial charge in [-0.1, -0.05) is 102 Å². The molecule has 0 aliphatic rings. The molecule has 36 heavy (non-hydrogen) atoms. The highest BCUT2D eigenvalue weighted by Crippen LogP contribution is 2.43. The van der Waals surface area contributed by atoms with Crippen LogP contribution < -0.4 is 0 Å². The van der Waals surface area contributed by atoms with Gasteiger partial charge in [0.1, 0.15) is 16.1 Å². The molecule has 0 saturated carbocycles. The van der Waals surface area contributed by atoms with Gasteiger partial charge in [-0.25, -0.2) is 0 Å². The van der Waals surface area contributed by atoms with Gasteiger partial charge in [-0.3, -0.25) is 9.59 Å². The van der Waals surface area contributed by atoms with Crippen molar-refractivity contribution in [2.24, 2.45) is 0 Å². The van der Waals surface area contributed by atoms with Crippen LogP contribution in [0.2, 0.25) is 46.3 Å². The second kappa shape index (κ2) is 10.8. The Hall–Kier alpha value is -1.91. The first-order valence-corrected chi connectivity index (χ1v) is 18.9. The van der Waals surface area contributed by atoms with Crippen LogP contribution in [0.15, 0.2) is 70.4 Å². The molecule has 0 bridgehead atoms. The molecule has 0 aliphatic carbocycles. The number of Topliss-reactive ketones (excluding diaryl/α,β-unsaturated/α-hetero) is 2. The maximum Gasteiger partial charge on any atom is 0.193 e. The van der Waals surface area contributed by atoms with E-state index in [4.69, 9.17) is 23.2 Å². The van der Waals surface area contributed by atoms with Gasteiger partial charge in [-0.05, 0) is 58.6 Å². The molecule has 0 fully saturated rings. The topological polar surface area (TPSA) is 34.1 Å². The summed E-state index contributed by atoms with van der Waals surface area (Å²) in [7, 11) is -4.71. The lowest BCUT2D eigenvalue weighted by molar-refractivity contribution is 0.103. The number of carbonyl (C=O) groups excluding carboxylic acids is 2. The second-order valence-electron chi connectivity index (χ2n) is 12.4. The fourth-order valence-corrected chi connectivity index (χ4v) is 7.29. The highest BCUT2D eigenvalue weighted by molar-refractivity contribution is 6.91. The lowest BCUT2D eigenvalue weighted by Crippen LogP contribution is -2.43. The molecule has 0 heterocycles. The summed E-state index contributed by atoms with van der Waals surface area (Å²) in [6.45, 7) is 21.7. The fourth-order valence-electron chi connectivity index (χ4n) is 3.36. The Morgan fingerprint density at radius 1 is 0.583 bits per heavy atom. The quantitative estimate of drug-likeness (QED) is 0.153. The summed E-state index contributed by atoms with van der Waals surface area (Å²) in [4.78, 5) is 27.7. The molecule has 2 aromatic carbocycles. The molecule has 0 radical (unpaired) electrons. The third kappa shape index (κ3) is 6.50. The van der Waals surface area contributed by atoms with E-state index in [1.807, 2.05) is 0 Å². The molecule has 0 unspecified atom stereocenters. The molecule has 6 heteroatoms. The highest BCUT2D eigenvalue weighted by atomic mass is 35.5. The van der Waals surface area contributed by atoms with Crippen molar-refractivity contribution in [3.63, 3.8) is 0 Å². The molecular weight excluding hydrogens is 519 g/mol. The van der Waals surface area contributed by atoms with Crippen LogP contribution in [-0.2, 0) is 0 Å². The van der Waals surface area contributed by atoms with E-state index in [1.54, 1.807) is 48.5 Å². The Balaban J connectivity index is 2.98. The lowest BCUT2D eigenvalue weighted by atomic mass is 10.1. The van der Waals surface area contributed by atoms with Gasteiger partial charge in [-0.2, -0.15) is 0 Å². The van der Waals surface area contributed by atoms with Gasteiger partial charge in [0.25, 0.3) is 0 Å². The van der Waals surface area contributed by atoms with Crippen molar-refractivity contribution in [1.29, 1.82) is 0 Å². The maximum atomic E-state index is 13.8. The monoisotopic (exact) mass is 556 g/mol. The lowest BCUT2D eigenvalue weighted by Gasteiger charge is -2.38. The van der Waals surface area contributed by atoms with Crippen LogP contribution in [0.5, 0.6) is 0 Å². The maximum absolute atomic E-state index is 13.8. The molecule has 0 aromatic heterocycles. The van der Waals surface area contributed by atoms with Crippen LogP contribution in [0.3, 0.4) is 0 Å². The summed E-state index contributed by atoms with van der Waals surface area (Å²) >= 11 is 12.1. The third-order valence-electron chi connectivity index (χ3n) is 7.98. The van der Waals surface area contributed by atoms with E-state index in [0.717, 1.165) is 0 Å². The van der Waals surface area contributed by atoms with E-state index in [-0.39, 0.29) is 21.6 Å². The van der Waals surface area contributed by atoms with Crippen molar-refractivity contribution < 1.29 is 9.59 Å². The molecule has 2 nitrogen and oxygen atoms in total. The van der Waals surface area contributed by atoms with Gasteiger partial charge in [0.05, 0.1) is 0 Å². The van der Waals surface area contributed by atoms with Gasteiger partial charge in [0, 0.05) is 31.6 Å². The predicted octanol–water partition coefficient (Wildman–Crippen LogP) is 9.76. The van der Waals surface area contributed by atoms with Gasteiger partial charge < -0.3 is 0 Å². The van der Waals surface area contributed by atoms with Crippen molar-refractivity contribution in [3.05, 3.63) is 91.6 Å². The summed E-state index contributed by atoms with van der Waals surface area (Å²) in [6, 6.07) is 13.9. The average Bonchev–Trinajstić information content (AvgIpc) is 2.75. The second-order valence-corrected chi connectivity index (χ2v) is 23.8. The Labute approximate surface area is 229 Å². The summed E-state index contributed by atoms with van der Waals surface area (Å²) in [5.41, 5.74) is 7.76. The van der Waals surface area contributed by atoms with Crippen LogP contribution in [0.25, 0.3) is 0 Å². The predicted molar refractivity (Wildman–Crippen MR) is 160 cm³/mol. The zero-order valence-corrected chi connectivity index (χ0v) is 26.7. The van der Waals surface area contributed by atoms with E-state index in [9.17, 15) is 9.59 Å². The van der Waals surface area contributed by atoms with Crippen LogP contribution in [0.4, 0.5) is 0 Å². The molecular formula is C30H38Cl2O2Si2. The Kier molecular flexibility index (Phi) is 9.12. The van der Waals surface area contributed by atoms with Gasteiger partial charge in [-0.15, -0.1) is 0 Å². The van der Waals surface area contributed by atoms with Crippen molar-refractivity contribution in [1.82, 2.24) is 0 Å². The Morgan fingerprint density at radius 3 is 1.06 bits per heavy atom. The largest absolute Gasteiger partial charge is 0.289 e. The van der Waals surface area contributed by atoms with Crippen molar-refractivity contribution in [2.75, 3.05) is 0 Å². The van der Waals surface area contributed by atoms with Crippen LogP contribution in [0, 0.1) is 0 Å². The molecule has 0 saturated heterocycles. The Bertz CT molecular complexity index is 1140. The number of rotatable bonds is 6. The zero-order chi connectivity index (χ0) is 27.7. The number of benzene rings is 2. The van der Waals surface area contributed by atoms with E-state index in [2.05, 4.69) is 79.2 Å². The summed E-state index contributed by atoms with van der Waals surface area (Å²) < 4.78 is 0. The normalized spacial score (nSPS) is 12.4. The molecule has 2 rings (SSSR count). The Morgan fingerprint density at radius 2 is 0.833 bits per heavy atom. The molecule has 192 valence electrons. The van der Waals surface area contributed by atoms with Gasteiger partial charge >= 0.3 is 0 Å². The minimum atomic E-state index is -2.35. The van der Waals surface area contributed by atoms with Crippen molar-refractivity contribution in [2.45, 2.75) is 77.8 Å². The number of carbonyl (C=O) groups is 2. The van der Waals surface area contributed by atoms with Crippen molar-refractivity contribution in [3.8, 4) is 0 Å². The number of hydrogen-bond donors (Lipinski definition) is 0. The first kappa shape index (κ1) is 30.3. The van der Waals surface area contributed by atoms with E-state index in [1.165, 1.54) is 0 Å². The zero-order valence-electron chi connectivity index (χ0n) is 23.2. The highest BCUT2D eigenvalue weighted by Gasteiger charge is 2.43. The fraction of sp³-hybridized carbons (Fsp3) is 0.400. The third-order valence-corrected chi connectivity index (χ3v) is 19.2. The molecule has 0 aliphatic heterocycles. The van der Waals surface area contributed by atoms with E-state index in [0.29, 0.717) is 31.6 Å². The molecule has 2 aromatic rings. The molecule has 0 spiro atoms. The van der Waals surface area contributed by atoms with Gasteiger partial charge in [0.2, 0.25) is 0 Å². The van der Waals surface area contributed by atoms with E-state index >= 15 is 0 Å². The van der Waals surface area contributed by atoms with Crippen LogP contribution >= 0.6 is 23.2 Å². The number of hydrogen-bond acceptors (Lipinski definition) is 2. The molecule has 0 amide bonds. The van der Waals surface area contributed by atoms with Gasteiger partial charge in [0.15, 0.2) is 11.6 Å². The van der Waals surface area contributed by atoms with Crippen LogP contribution in [0.1, 0.15) is 62.3 Å². The number of halogens is 2. The smallest absolute Gasteiger partial charge is 0.193 e. The van der Waals surface area contributed by atoms with Crippen molar-refractivity contribution >= 4 is 50.9 Å². The number of ketones is 2. The molecule has 0 N–H and O–H groups in total. The first-order chi connectivity index (χ1) is 16.3. The standard InChI is InChI=1S/C30H38Cl2O2Si2/c1-29(2,3)35(7,8)25(27(33)21-11-15-23(31)16-12-21)19-20-26(36(9,10)30(4,5)6)28(34)22-13-17-24(32)18-14-22/h11-18H,1-10H3. The number of allylic oxidation sites excluding steroid dienone is 2. The molecule has 0 atom stereocenters. The van der Waals surface area contributed by atoms with Crippen LogP contribution in [-0.4, -0.2) is 27.7 Å². The average molecular weight is 558 g/mol. The summed E-state index contributed by atoms with van der Waals surface area (Å²) in [5.74, 6) is -0.168. The summed E-state index contributed by atoms with van der Waals surface area (Å²) in [5, 5.41) is 2.17. The minimum absolute atomic E-state index is 0.0840. The van der Waals surface area contributed by atoms with E-state index < -0.39 is 16.1 Å². The first-order valence-electron chi connectivity index (χ1n) is 12.2.